The average Bonchev–Trinajstić information content (AvgIpc) is 2.99. The van der Waals surface area contributed by atoms with Crippen LogP contribution in [0.15, 0.2) is 30.3 Å². The summed E-state index contributed by atoms with van der Waals surface area (Å²) in [5.41, 5.74) is 1.06. The number of hydrogen-bond donors (Lipinski definition) is 2. The summed E-state index contributed by atoms with van der Waals surface area (Å²) in [6.07, 6.45) is 0. The Morgan fingerprint density at radius 1 is 1.24 bits per heavy atom. The number of aromatic amines is 1. The van der Waals surface area contributed by atoms with Crippen molar-refractivity contribution in [2.45, 2.75) is 32.2 Å². The van der Waals surface area contributed by atoms with E-state index in [1.807, 2.05) is 6.07 Å². The molecule has 0 radical (unpaired) electrons. The third kappa shape index (κ3) is 2.78. The first-order valence-electron chi connectivity index (χ1n) is 7.54. The zero-order valence-corrected chi connectivity index (χ0v) is 12.9. The molecule has 112 valence electrons. The first-order valence-corrected chi connectivity index (χ1v) is 7.54. The van der Waals surface area contributed by atoms with Gasteiger partial charge >= 0.3 is 0 Å². The van der Waals surface area contributed by atoms with Crippen molar-refractivity contribution in [2.75, 3.05) is 24.5 Å². The van der Waals surface area contributed by atoms with Crippen LogP contribution in [-0.2, 0) is 5.41 Å². The van der Waals surface area contributed by atoms with Crippen LogP contribution in [0.5, 0.6) is 0 Å². The Hall–Kier alpha value is -1.88. The number of hydrogen-bond acceptors (Lipinski definition) is 4. The molecule has 0 saturated carbocycles. The Kier molecular flexibility index (Phi) is 3.68. The van der Waals surface area contributed by atoms with E-state index in [2.05, 4.69) is 65.5 Å². The Bertz CT molecular complexity index is 590. The highest BCUT2D eigenvalue weighted by Crippen LogP contribution is 2.29. The van der Waals surface area contributed by atoms with Crippen molar-refractivity contribution in [3.8, 4) is 0 Å². The van der Waals surface area contributed by atoms with Gasteiger partial charge in [0, 0.05) is 31.1 Å². The Labute approximate surface area is 125 Å². The van der Waals surface area contributed by atoms with E-state index in [-0.39, 0.29) is 5.41 Å². The molecule has 1 atom stereocenters. The van der Waals surface area contributed by atoms with Gasteiger partial charge in [0.15, 0.2) is 0 Å². The summed E-state index contributed by atoms with van der Waals surface area (Å²) >= 11 is 0. The van der Waals surface area contributed by atoms with E-state index in [0.717, 1.165) is 31.4 Å². The second-order valence-corrected chi connectivity index (χ2v) is 6.28. The Morgan fingerprint density at radius 2 is 2.00 bits per heavy atom. The first-order chi connectivity index (χ1) is 10.1. The van der Waals surface area contributed by atoms with Crippen LogP contribution in [0.4, 0.5) is 5.95 Å². The number of nitrogens with one attached hydrogen (secondary N) is 2. The maximum absolute atomic E-state index is 4.75. The molecule has 0 amide bonds. The summed E-state index contributed by atoms with van der Waals surface area (Å²) in [5, 5.41) is 11.0. The molecule has 5 heteroatoms. The minimum Gasteiger partial charge on any atom is -0.337 e. The van der Waals surface area contributed by atoms with E-state index < -0.39 is 0 Å². The van der Waals surface area contributed by atoms with Crippen molar-refractivity contribution in [1.82, 2.24) is 20.5 Å². The van der Waals surface area contributed by atoms with Gasteiger partial charge in [-0.3, -0.25) is 5.10 Å². The molecule has 2 N–H and O–H groups in total. The van der Waals surface area contributed by atoms with Crippen molar-refractivity contribution in [3.63, 3.8) is 0 Å². The van der Waals surface area contributed by atoms with Crippen LogP contribution in [0, 0.1) is 0 Å². The van der Waals surface area contributed by atoms with Crippen molar-refractivity contribution < 1.29 is 0 Å². The SMILES string of the molecule is C[C@H]1CN(c2n[nH]c(C(C)(C)c3ccccc3)n2)CCN1. The number of aromatic nitrogens is 3. The maximum atomic E-state index is 4.75. The molecule has 1 aliphatic rings. The molecule has 1 saturated heterocycles. The zero-order valence-electron chi connectivity index (χ0n) is 12.9. The molecule has 21 heavy (non-hydrogen) atoms. The fourth-order valence-electron chi connectivity index (χ4n) is 2.78. The number of benzene rings is 1. The summed E-state index contributed by atoms with van der Waals surface area (Å²) in [7, 11) is 0. The van der Waals surface area contributed by atoms with Gasteiger partial charge in [-0.25, -0.2) is 0 Å². The van der Waals surface area contributed by atoms with Crippen LogP contribution in [0.1, 0.15) is 32.2 Å². The summed E-state index contributed by atoms with van der Waals surface area (Å²) in [5.74, 6) is 1.72. The number of anilines is 1. The lowest BCUT2D eigenvalue weighted by Gasteiger charge is -2.31. The van der Waals surface area contributed by atoms with E-state index in [4.69, 9.17) is 4.98 Å². The van der Waals surface area contributed by atoms with Gasteiger partial charge in [-0.15, -0.1) is 5.10 Å². The van der Waals surface area contributed by atoms with Crippen LogP contribution in [0.25, 0.3) is 0 Å². The van der Waals surface area contributed by atoms with Crippen molar-refractivity contribution >= 4 is 5.95 Å². The lowest BCUT2D eigenvalue weighted by atomic mass is 9.84. The van der Waals surface area contributed by atoms with Gasteiger partial charge in [-0.1, -0.05) is 30.3 Å². The topological polar surface area (TPSA) is 56.8 Å². The molecule has 0 bridgehead atoms. The Morgan fingerprint density at radius 3 is 2.71 bits per heavy atom. The van der Waals surface area contributed by atoms with Crippen molar-refractivity contribution in [1.29, 1.82) is 0 Å². The Balaban J connectivity index is 1.84. The molecule has 1 aromatic heterocycles. The van der Waals surface area contributed by atoms with E-state index >= 15 is 0 Å². The van der Waals surface area contributed by atoms with Crippen LogP contribution in [0.2, 0.25) is 0 Å². The molecular weight excluding hydrogens is 262 g/mol. The molecule has 1 aliphatic heterocycles. The fraction of sp³-hybridized carbons (Fsp3) is 0.500. The van der Waals surface area contributed by atoms with Crippen molar-refractivity contribution in [2.24, 2.45) is 0 Å². The molecule has 5 nitrogen and oxygen atoms in total. The molecule has 2 aromatic rings. The van der Waals surface area contributed by atoms with Gasteiger partial charge < -0.3 is 10.2 Å². The minimum absolute atomic E-state index is 0.174. The van der Waals surface area contributed by atoms with E-state index in [1.54, 1.807) is 0 Å². The van der Waals surface area contributed by atoms with Crippen LogP contribution in [-0.4, -0.2) is 40.9 Å². The lowest BCUT2D eigenvalue weighted by molar-refractivity contribution is 0.479. The fourth-order valence-corrected chi connectivity index (χ4v) is 2.78. The zero-order chi connectivity index (χ0) is 14.9. The summed E-state index contributed by atoms with van der Waals surface area (Å²) in [6, 6.07) is 10.9. The summed E-state index contributed by atoms with van der Waals surface area (Å²) < 4.78 is 0. The monoisotopic (exact) mass is 285 g/mol. The number of H-pyrrole nitrogens is 1. The predicted octanol–water partition coefficient (Wildman–Crippen LogP) is 1.93. The van der Waals surface area contributed by atoms with Gasteiger partial charge in [-0.2, -0.15) is 4.98 Å². The van der Waals surface area contributed by atoms with Crippen molar-refractivity contribution in [3.05, 3.63) is 41.7 Å². The second-order valence-electron chi connectivity index (χ2n) is 6.28. The molecule has 0 aliphatic carbocycles. The highest BCUT2D eigenvalue weighted by molar-refractivity contribution is 5.36. The number of piperazine rings is 1. The van der Waals surface area contributed by atoms with Gasteiger partial charge in [0.2, 0.25) is 5.95 Å². The van der Waals surface area contributed by atoms with Gasteiger partial charge in [0.1, 0.15) is 5.82 Å². The third-order valence-electron chi connectivity index (χ3n) is 4.21. The summed E-state index contributed by atoms with van der Waals surface area (Å²) in [6.45, 7) is 9.41. The smallest absolute Gasteiger partial charge is 0.244 e. The van der Waals surface area contributed by atoms with E-state index in [0.29, 0.717) is 6.04 Å². The highest BCUT2D eigenvalue weighted by Gasteiger charge is 2.28. The van der Waals surface area contributed by atoms with E-state index in [1.165, 1.54) is 5.56 Å². The molecule has 1 fully saturated rings. The number of nitrogens with zero attached hydrogens (tertiary/aromatic N) is 3. The maximum Gasteiger partial charge on any atom is 0.244 e. The third-order valence-corrected chi connectivity index (χ3v) is 4.21. The van der Waals surface area contributed by atoms with Gasteiger partial charge in [0.25, 0.3) is 0 Å². The molecular formula is C16H23N5. The lowest BCUT2D eigenvalue weighted by Crippen LogP contribution is -2.49. The standard InChI is InChI=1S/C16H23N5/c1-12-11-21(10-9-17-12)15-18-14(19-20-15)16(2,3)13-7-5-4-6-8-13/h4-8,12,17H,9-11H2,1-3H3,(H,18,19,20)/t12-/m0/s1. The second kappa shape index (κ2) is 5.48. The number of rotatable bonds is 3. The average molecular weight is 285 g/mol. The van der Waals surface area contributed by atoms with Crippen LogP contribution >= 0.6 is 0 Å². The summed E-state index contributed by atoms with van der Waals surface area (Å²) in [4.78, 5) is 6.99. The van der Waals surface area contributed by atoms with Crippen LogP contribution in [0.3, 0.4) is 0 Å². The minimum atomic E-state index is -0.174. The largest absolute Gasteiger partial charge is 0.337 e. The quantitative estimate of drug-likeness (QED) is 0.905. The van der Waals surface area contributed by atoms with Gasteiger partial charge in [-0.05, 0) is 26.3 Å². The predicted molar refractivity (Wildman–Crippen MR) is 84.6 cm³/mol. The van der Waals surface area contributed by atoms with Crippen LogP contribution < -0.4 is 10.2 Å². The normalized spacial score (nSPS) is 19.8. The first kappa shape index (κ1) is 14.1. The molecule has 0 spiro atoms. The molecule has 3 rings (SSSR count). The molecule has 0 unspecified atom stereocenters. The van der Waals surface area contributed by atoms with Gasteiger partial charge in [0.05, 0.1) is 0 Å². The molecule has 2 heterocycles. The van der Waals surface area contributed by atoms with E-state index in [9.17, 15) is 0 Å². The highest BCUT2D eigenvalue weighted by atomic mass is 15.4. The molecule has 1 aromatic carbocycles.